The summed E-state index contributed by atoms with van der Waals surface area (Å²) in [4.78, 5) is 33.8. The fraction of sp³-hybridized carbons (Fsp3) is 0.517. The fourth-order valence-corrected chi connectivity index (χ4v) is 5.29. The minimum absolute atomic E-state index is 0.0714. The first kappa shape index (κ1) is 25.4. The predicted octanol–water partition coefficient (Wildman–Crippen LogP) is 4.34. The molecule has 3 heterocycles. The summed E-state index contributed by atoms with van der Waals surface area (Å²) in [5.74, 6) is 0.285. The molecular weight excluding hydrogens is 468 g/mol. The Hall–Kier alpha value is -3.26. The summed E-state index contributed by atoms with van der Waals surface area (Å²) < 4.78 is 5.84. The van der Waals surface area contributed by atoms with Gasteiger partial charge in [-0.2, -0.15) is 0 Å². The van der Waals surface area contributed by atoms with Gasteiger partial charge < -0.3 is 14.7 Å². The Balaban J connectivity index is 1.43. The van der Waals surface area contributed by atoms with Crippen LogP contribution in [-0.4, -0.2) is 63.7 Å². The van der Waals surface area contributed by atoms with Gasteiger partial charge in [0.05, 0.1) is 6.54 Å². The van der Waals surface area contributed by atoms with E-state index in [1.165, 1.54) is 0 Å². The molecule has 0 atom stereocenters. The Labute approximate surface area is 218 Å². The summed E-state index contributed by atoms with van der Waals surface area (Å²) in [5.41, 5.74) is 4.61. The highest BCUT2D eigenvalue weighted by Crippen LogP contribution is 2.40. The number of fused-ring (bicyclic) bond motifs is 1. The number of Topliss-reactive ketones (excluding diaryl/α,β-unsaturated/α-hetero) is 1. The van der Waals surface area contributed by atoms with Gasteiger partial charge in [0.2, 0.25) is 0 Å². The zero-order valence-electron chi connectivity index (χ0n) is 22.0. The zero-order valence-corrected chi connectivity index (χ0v) is 22.0. The van der Waals surface area contributed by atoms with Crippen molar-refractivity contribution in [3.05, 3.63) is 57.9 Å². The van der Waals surface area contributed by atoms with Crippen LogP contribution in [0.5, 0.6) is 5.75 Å². The van der Waals surface area contributed by atoms with Crippen LogP contribution in [0.15, 0.2) is 24.3 Å². The standard InChI is InChI=1S/C29H36N4O4/c1-29(2,3)22-13-20(12-21(14-32-10-4-5-11-32)27(22)37-17-25(35)36)24(34)16-33-15-19-8-9-23(18-6-7-18)31-26(19)28(33)30/h8-9,12-13,18,30H,4-7,10-11,14-17H2,1-3H3,(H,35,36). The Morgan fingerprint density at radius 1 is 1.16 bits per heavy atom. The molecule has 0 amide bonds. The number of aromatic nitrogens is 1. The Kier molecular flexibility index (Phi) is 6.79. The second-order valence-corrected chi connectivity index (χ2v) is 11.6. The lowest BCUT2D eigenvalue weighted by molar-refractivity contribution is -0.139. The van der Waals surface area contributed by atoms with Crippen LogP contribution in [-0.2, 0) is 23.3 Å². The van der Waals surface area contributed by atoms with E-state index in [0.29, 0.717) is 41.8 Å². The number of carbonyl (C=O) groups excluding carboxylic acids is 1. The minimum atomic E-state index is -1.03. The molecule has 8 heteroatoms. The number of aliphatic carboxylic acids is 1. The molecule has 3 aliphatic rings. The monoisotopic (exact) mass is 504 g/mol. The van der Waals surface area contributed by atoms with Gasteiger partial charge in [-0.1, -0.05) is 26.8 Å². The average molecular weight is 505 g/mol. The molecule has 2 aromatic rings. The number of benzene rings is 1. The summed E-state index contributed by atoms with van der Waals surface area (Å²) >= 11 is 0. The van der Waals surface area contributed by atoms with E-state index in [2.05, 4.69) is 17.0 Å². The highest BCUT2D eigenvalue weighted by molar-refractivity contribution is 6.04. The number of carbonyl (C=O) groups is 2. The van der Waals surface area contributed by atoms with Crippen LogP contribution >= 0.6 is 0 Å². The first-order valence-corrected chi connectivity index (χ1v) is 13.2. The molecule has 1 aromatic heterocycles. The number of hydrogen-bond acceptors (Lipinski definition) is 6. The first-order chi connectivity index (χ1) is 17.6. The number of ketones is 1. The molecule has 1 aliphatic carbocycles. The zero-order chi connectivity index (χ0) is 26.3. The lowest BCUT2D eigenvalue weighted by atomic mass is 9.83. The molecule has 1 saturated carbocycles. The second kappa shape index (κ2) is 9.89. The number of rotatable bonds is 9. The summed E-state index contributed by atoms with van der Waals surface area (Å²) in [6.07, 6.45) is 4.57. The molecule has 37 heavy (non-hydrogen) atoms. The van der Waals surface area contributed by atoms with Crippen LogP contribution in [0.1, 0.15) is 90.8 Å². The molecule has 5 rings (SSSR count). The van der Waals surface area contributed by atoms with Gasteiger partial charge in [0.15, 0.2) is 12.4 Å². The van der Waals surface area contributed by atoms with Crippen molar-refractivity contribution in [1.82, 2.24) is 14.8 Å². The highest BCUT2D eigenvalue weighted by atomic mass is 16.5. The average Bonchev–Trinajstić information content (AvgIpc) is 3.49. The lowest BCUT2D eigenvalue weighted by Gasteiger charge is -2.27. The predicted molar refractivity (Wildman–Crippen MR) is 141 cm³/mol. The van der Waals surface area contributed by atoms with E-state index in [1.807, 2.05) is 32.9 Å². The van der Waals surface area contributed by atoms with Crippen molar-refractivity contribution in [2.24, 2.45) is 0 Å². The van der Waals surface area contributed by atoms with E-state index in [9.17, 15) is 14.7 Å². The first-order valence-electron chi connectivity index (χ1n) is 13.2. The van der Waals surface area contributed by atoms with Crippen molar-refractivity contribution < 1.29 is 19.4 Å². The lowest BCUT2D eigenvalue weighted by Crippen LogP contribution is -2.31. The summed E-state index contributed by atoms with van der Waals surface area (Å²) in [5, 5.41) is 18.0. The number of carboxylic acid groups (broad SMARTS) is 1. The molecule has 2 N–H and O–H groups in total. The molecule has 0 radical (unpaired) electrons. The number of likely N-dealkylation sites (tertiary alicyclic amines) is 1. The number of nitrogens with zero attached hydrogens (tertiary/aromatic N) is 3. The smallest absolute Gasteiger partial charge is 0.341 e. The fourth-order valence-electron chi connectivity index (χ4n) is 5.29. The van der Waals surface area contributed by atoms with Gasteiger partial charge in [0.1, 0.15) is 17.3 Å². The van der Waals surface area contributed by atoms with Crippen molar-refractivity contribution in [1.29, 1.82) is 5.41 Å². The van der Waals surface area contributed by atoms with E-state index in [1.54, 1.807) is 4.90 Å². The molecule has 8 nitrogen and oxygen atoms in total. The second-order valence-electron chi connectivity index (χ2n) is 11.6. The van der Waals surface area contributed by atoms with Crippen LogP contribution < -0.4 is 4.74 Å². The molecule has 196 valence electrons. The van der Waals surface area contributed by atoms with Gasteiger partial charge in [0, 0.05) is 47.0 Å². The minimum Gasteiger partial charge on any atom is -0.481 e. The maximum atomic E-state index is 13.6. The van der Waals surface area contributed by atoms with Gasteiger partial charge in [-0.3, -0.25) is 15.1 Å². The number of amidine groups is 1. The van der Waals surface area contributed by atoms with E-state index >= 15 is 0 Å². The van der Waals surface area contributed by atoms with Crippen molar-refractivity contribution in [2.75, 3.05) is 26.2 Å². The molecule has 2 fully saturated rings. The van der Waals surface area contributed by atoms with Crippen molar-refractivity contribution >= 4 is 17.6 Å². The third kappa shape index (κ3) is 5.54. The molecule has 0 spiro atoms. The van der Waals surface area contributed by atoms with E-state index in [-0.39, 0.29) is 17.7 Å². The van der Waals surface area contributed by atoms with Crippen molar-refractivity contribution in [3.8, 4) is 5.75 Å². The number of hydrogen-bond donors (Lipinski definition) is 2. The summed E-state index contributed by atoms with van der Waals surface area (Å²) in [7, 11) is 0. The molecular formula is C29H36N4O4. The highest BCUT2D eigenvalue weighted by Gasteiger charge is 2.32. The Morgan fingerprint density at radius 3 is 2.54 bits per heavy atom. The van der Waals surface area contributed by atoms with Crippen LogP contribution in [0.25, 0.3) is 0 Å². The molecule has 0 bridgehead atoms. The third-order valence-corrected chi connectivity index (χ3v) is 7.46. The topological polar surface area (TPSA) is 107 Å². The van der Waals surface area contributed by atoms with E-state index in [0.717, 1.165) is 61.2 Å². The summed E-state index contributed by atoms with van der Waals surface area (Å²) in [6.45, 7) is 8.85. The quantitative estimate of drug-likeness (QED) is 0.489. The summed E-state index contributed by atoms with van der Waals surface area (Å²) in [6, 6.07) is 7.83. The van der Waals surface area contributed by atoms with Gasteiger partial charge in [-0.25, -0.2) is 9.78 Å². The van der Waals surface area contributed by atoms with Crippen LogP contribution in [0.4, 0.5) is 0 Å². The number of ether oxygens (including phenoxy) is 1. The maximum absolute atomic E-state index is 13.6. The maximum Gasteiger partial charge on any atom is 0.341 e. The molecule has 1 aromatic carbocycles. The van der Waals surface area contributed by atoms with Crippen LogP contribution in [0.3, 0.4) is 0 Å². The Morgan fingerprint density at radius 2 is 1.89 bits per heavy atom. The number of nitrogens with one attached hydrogen (secondary N) is 1. The van der Waals surface area contributed by atoms with Crippen molar-refractivity contribution in [2.45, 2.75) is 70.9 Å². The number of carboxylic acids is 1. The van der Waals surface area contributed by atoms with E-state index in [4.69, 9.17) is 15.1 Å². The van der Waals surface area contributed by atoms with Crippen LogP contribution in [0.2, 0.25) is 0 Å². The normalized spacial score (nSPS) is 17.8. The van der Waals surface area contributed by atoms with Gasteiger partial charge in [-0.15, -0.1) is 0 Å². The third-order valence-electron chi connectivity index (χ3n) is 7.46. The molecule has 2 aliphatic heterocycles. The SMILES string of the molecule is CC(C)(C)c1cc(C(=O)CN2Cc3ccc(C4CC4)nc3C2=N)cc(CN2CCCC2)c1OCC(=O)O. The molecule has 0 unspecified atom stereocenters. The van der Waals surface area contributed by atoms with Gasteiger partial charge in [0.25, 0.3) is 0 Å². The molecule has 1 saturated heterocycles. The van der Waals surface area contributed by atoms with Crippen LogP contribution in [0, 0.1) is 5.41 Å². The largest absolute Gasteiger partial charge is 0.481 e. The van der Waals surface area contributed by atoms with Gasteiger partial charge >= 0.3 is 5.97 Å². The van der Waals surface area contributed by atoms with Crippen molar-refractivity contribution in [3.63, 3.8) is 0 Å². The van der Waals surface area contributed by atoms with Gasteiger partial charge in [-0.05, 0) is 62.4 Å². The van der Waals surface area contributed by atoms with E-state index < -0.39 is 12.6 Å². The Bertz CT molecular complexity index is 1240. The number of pyridine rings is 1.